The zero-order chi connectivity index (χ0) is 13.0. The Morgan fingerprint density at radius 2 is 2.11 bits per heavy atom. The normalized spacial score (nSPS) is 18.1. The van der Waals surface area contributed by atoms with Crippen LogP contribution in [0.1, 0.15) is 56.7 Å². The van der Waals surface area contributed by atoms with Gasteiger partial charge >= 0.3 is 0 Å². The molecule has 0 radical (unpaired) electrons. The molecule has 2 rings (SSSR count). The summed E-state index contributed by atoms with van der Waals surface area (Å²) in [6.07, 6.45) is 7.66. The highest BCUT2D eigenvalue weighted by atomic mass is 16.5. The van der Waals surface area contributed by atoms with Crippen molar-refractivity contribution in [2.45, 2.75) is 51.6 Å². The van der Waals surface area contributed by atoms with Crippen molar-refractivity contribution in [3.63, 3.8) is 0 Å². The summed E-state index contributed by atoms with van der Waals surface area (Å²) in [7, 11) is 1.66. The van der Waals surface area contributed by atoms with Crippen molar-refractivity contribution in [3.05, 3.63) is 17.6 Å². The third kappa shape index (κ3) is 3.42. The molecule has 0 aromatic carbocycles. The van der Waals surface area contributed by atoms with Crippen molar-refractivity contribution in [2.24, 2.45) is 5.92 Å². The van der Waals surface area contributed by atoms with Crippen molar-refractivity contribution in [1.29, 1.82) is 0 Å². The number of nitrogens with zero attached hydrogens (tertiary/aromatic N) is 2. The third-order valence-electron chi connectivity index (χ3n) is 3.82. The SMILES string of the molecule is CO[C@H](C)c1nc(N)cc(CCC2CCCC2)n1. The molecule has 18 heavy (non-hydrogen) atoms. The van der Waals surface area contributed by atoms with Crippen molar-refractivity contribution >= 4 is 5.82 Å². The zero-order valence-electron chi connectivity index (χ0n) is 11.4. The molecule has 0 bridgehead atoms. The Morgan fingerprint density at radius 1 is 1.39 bits per heavy atom. The molecule has 1 aliphatic rings. The summed E-state index contributed by atoms with van der Waals surface area (Å²) in [6, 6.07) is 1.89. The second-order valence-corrected chi connectivity index (χ2v) is 5.21. The van der Waals surface area contributed by atoms with Crippen LogP contribution in [-0.4, -0.2) is 17.1 Å². The standard InChI is InChI=1S/C14H23N3O/c1-10(18-2)14-16-12(9-13(15)17-14)8-7-11-5-3-4-6-11/h9-11H,3-8H2,1-2H3,(H2,15,16,17)/t10-/m1/s1. The number of nitrogens with two attached hydrogens (primary N) is 1. The first-order valence-electron chi connectivity index (χ1n) is 6.85. The Hall–Kier alpha value is -1.16. The highest BCUT2D eigenvalue weighted by Gasteiger charge is 2.16. The predicted octanol–water partition coefficient (Wildman–Crippen LogP) is 2.89. The molecule has 1 heterocycles. The smallest absolute Gasteiger partial charge is 0.159 e. The van der Waals surface area contributed by atoms with Crippen LogP contribution in [0.5, 0.6) is 0 Å². The number of anilines is 1. The molecule has 1 atom stereocenters. The zero-order valence-corrected chi connectivity index (χ0v) is 11.4. The molecule has 1 aromatic heterocycles. The van der Waals surface area contributed by atoms with Gasteiger partial charge in [-0.15, -0.1) is 0 Å². The molecular formula is C14H23N3O. The van der Waals surface area contributed by atoms with Gasteiger partial charge in [0.1, 0.15) is 11.9 Å². The van der Waals surface area contributed by atoms with Crippen LogP contribution in [0.25, 0.3) is 0 Å². The van der Waals surface area contributed by atoms with Crippen LogP contribution in [-0.2, 0) is 11.2 Å². The molecule has 2 N–H and O–H groups in total. The minimum absolute atomic E-state index is 0.0984. The Balaban J connectivity index is 2.00. The molecule has 1 aromatic rings. The number of hydrogen-bond acceptors (Lipinski definition) is 4. The minimum atomic E-state index is -0.0984. The molecule has 0 aliphatic heterocycles. The number of aryl methyl sites for hydroxylation is 1. The predicted molar refractivity (Wildman–Crippen MR) is 72.1 cm³/mol. The number of methoxy groups -OCH3 is 1. The Morgan fingerprint density at radius 3 is 2.78 bits per heavy atom. The fourth-order valence-electron chi connectivity index (χ4n) is 2.61. The van der Waals surface area contributed by atoms with Crippen molar-refractivity contribution in [1.82, 2.24) is 9.97 Å². The first kappa shape index (κ1) is 13.3. The maximum atomic E-state index is 5.83. The van der Waals surface area contributed by atoms with Gasteiger partial charge in [0.2, 0.25) is 0 Å². The number of nitrogen functional groups attached to an aromatic ring is 1. The van der Waals surface area contributed by atoms with E-state index < -0.39 is 0 Å². The number of rotatable bonds is 5. The van der Waals surface area contributed by atoms with Crippen LogP contribution in [0, 0.1) is 5.92 Å². The summed E-state index contributed by atoms with van der Waals surface area (Å²) in [5.74, 6) is 2.12. The van der Waals surface area contributed by atoms with Gasteiger partial charge in [-0.1, -0.05) is 25.7 Å². The van der Waals surface area contributed by atoms with Gasteiger partial charge in [0.05, 0.1) is 0 Å². The number of ether oxygens (including phenoxy) is 1. The third-order valence-corrected chi connectivity index (χ3v) is 3.82. The van der Waals surface area contributed by atoms with Gasteiger partial charge in [0, 0.05) is 18.9 Å². The Kier molecular flexibility index (Phi) is 4.53. The van der Waals surface area contributed by atoms with Crippen LogP contribution in [0.3, 0.4) is 0 Å². The lowest BCUT2D eigenvalue weighted by atomic mass is 10.0. The summed E-state index contributed by atoms with van der Waals surface area (Å²) in [6.45, 7) is 1.94. The Bertz CT molecular complexity index is 389. The van der Waals surface area contributed by atoms with E-state index in [1.807, 2.05) is 13.0 Å². The lowest BCUT2D eigenvalue weighted by Gasteiger charge is -2.12. The van der Waals surface area contributed by atoms with Crippen LogP contribution in [0.4, 0.5) is 5.82 Å². The quantitative estimate of drug-likeness (QED) is 0.871. The highest BCUT2D eigenvalue weighted by molar-refractivity contribution is 5.30. The van der Waals surface area contributed by atoms with Gasteiger partial charge in [-0.25, -0.2) is 9.97 Å². The van der Waals surface area contributed by atoms with E-state index in [1.54, 1.807) is 7.11 Å². The van der Waals surface area contributed by atoms with Crippen molar-refractivity contribution in [2.75, 3.05) is 12.8 Å². The lowest BCUT2D eigenvalue weighted by molar-refractivity contribution is 0.112. The maximum Gasteiger partial charge on any atom is 0.159 e. The number of hydrogen-bond donors (Lipinski definition) is 1. The van der Waals surface area contributed by atoms with Gasteiger partial charge in [0.15, 0.2) is 5.82 Å². The molecule has 1 saturated carbocycles. The van der Waals surface area contributed by atoms with Gasteiger partial charge in [-0.3, -0.25) is 0 Å². The first-order chi connectivity index (χ1) is 8.69. The fraction of sp³-hybridized carbons (Fsp3) is 0.714. The topological polar surface area (TPSA) is 61.0 Å². The van der Waals surface area contributed by atoms with Gasteiger partial charge in [-0.05, 0) is 25.7 Å². The van der Waals surface area contributed by atoms with E-state index in [-0.39, 0.29) is 6.10 Å². The number of aromatic nitrogens is 2. The average molecular weight is 249 g/mol. The second kappa shape index (κ2) is 6.14. The summed E-state index contributed by atoms with van der Waals surface area (Å²) >= 11 is 0. The van der Waals surface area contributed by atoms with Gasteiger partial charge in [-0.2, -0.15) is 0 Å². The summed E-state index contributed by atoms with van der Waals surface area (Å²) in [5, 5.41) is 0. The molecule has 4 nitrogen and oxygen atoms in total. The maximum absolute atomic E-state index is 5.83. The van der Waals surface area contributed by atoms with Crippen LogP contribution >= 0.6 is 0 Å². The van der Waals surface area contributed by atoms with Crippen LogP contribution in [0.2, 0.25) is 0 Å². The van der Waals surface area contributed by atoms with E-state index in [2.05, 4.69) is 9.97 Å². The van der Waals surface area contributed by atoms with E-state index in [9.17, 15) is 0 Å². The van der Waals surface area contributed by atoms with Crippen LogP contribution < -0.4 is 5.73 Å². The molecule has 1 aliphatic carbocycles. The lowest BCUT2D eigenvalue weighted by Crippen LogP contribution is -2.08. The summed E-state index contributed by atoms with van der Waals surface area (Å²) < 4.78 is 5.24. The second-order valence-electron chi connectivity index (χ2n) is 5.21. The molecule has 0 saturated heterocycles. The molecule has 4 heteroatoms. The molecule has 0 unspecified atom stereocenters. The van der Waals surface area contributed by atoms with E-state index in [4.69, 9.17) is 10.5 Å². The summed E-state index contributed by atoms with van der Waals surface area (Å²) in [4.78, 5) is 8.78. The van der Waals surface area contributed by atoms with Gasteiger partial charge in [0.25, 0.3) is 0 Å². The van der Waals surface area contributed by atoms with Crippen molar-refractivity contribution < 1.29 is 4.74 Å². The van der Waals surface area contributed by atoms with Gasteiger partial charge < -0.3 is 10.5 Å². The molecule has 100 valence electrons. The van der Waals surface area contributed by atoms with E-state index >= 15 is 0 Å². The summed E-state index contributed by atoms with van der Waals surface area (Å²) in [5.41, 5.74) is 6.88. The molecule has 1 fully saturated rings. The largest absolute Gasteiger partial charge is 0.384 e. The molecule has 0 amide bonds. The Labute approximate surface area is 109 Å². The van der Waals surface area contributed by atoms with Crippen molar-refractivity contribution in [3.8, 4) is 0 Å². The fourth-order valence-corrected chi connectivity index (χ4v) is 2.61. The van der Waals surface area contributed by atoms with E-state index in [0.717, 1.165) is 18.0 Å². The molecular weight excluding hydrogens is 226 g/mol. The highest BCUT2D eigenvalue weighted by Crippen LogP contribution is 2.28. The monoisotopic (exact) mass is 249 g/mol. The molecule has 0 spiro atoms. The average Bonchev–Trinajstić information content (AvgIpc) is 2.88. The van der Waals surface area contributed by atoms with E-state index in [1.165, 1.54) is 32.1 Å². The van der Waals surface area contributed by atoms with E-state index in [0.29, 0.717) is 11.6 Å². The first-order valence-corrected chi connectivity index (χ1v) is 6.85. The minimum Gasteiger partial charge on any atom is -0.384 e. The van der Waals surface area contributed by atoms with Crippen LogP contribution in [0.15, 0.2) is 6.07 Å².